The second-order valence-corrected chi connectivity index (χ2v) is 3.92. The molecule has 0 saturated carbocycles. The maximum atomic E-state index is 5.63. The van der Waals surface area contributed by atoms with Crippen LogP contribution in [-0.4, -0.2) is 28.8 Å². The summed E-state index contributed by atoms with van der Waals surface area (Å²) in [5, 5.41) is 3.40. The van der Waals surface area contributed by atoms with E-state index in [2.05, 4.69) is 17.2 Å². The monoisotopic (exact) mass is 211 g/mol. The van der Waals surface area contributed by atoms with Gasteiger partial charge in [-0.2, -0.15) is 0 Å². The summed E-state index contributed by atoms with van der Waals surface area (Å²) in [6, 6.07) is 0.227. The molecular formula is C11H21N3O. The lowest BCUT2D eigenvalue weighted by Gasteiger charge is -2.19. The van der Waals surface area contributed by atoms with Crippen LogP contribution in [0.1, 0.15) is 32.5 Å². The highest BCUT2D eigenvalue weighted by molar-refractivity contribution is 5.04. The molecule has 0 aliphatic rings. The Morgan fingerprint density at radius 1 is 1.53 bits per heavy atom. The minimum atomic E-state index is 0.227. The topological polar surface area (TPSA) is 39.1 Å². The first-order valence-corrected chi connectivity index (χ1v) is 5.46. The van der Waals surface area contributed by atoms with E-state index in [1.807, 2.05) is 38.0 Å². The van der Waals surface area contributed by atoms with Gasteiger partial charge in [-0.15, -0.1) is 0 Å². The Bertz CT molecular complexity index is 283. The fourth-order valence-corrected chi connectivity index (χ4v) is 1.49. The second kappa shape index (κ2) is 5.88. The lowest BCUT2D eigenvalue weighted by Crippen LogP contribution is -2.28. The molecule has 4 nitrogen and oxygen atoms in total. The average molecular weight is 211 g/mol. The molecule has 1 heterocycles. The van der Waals surface area contributed by atoms with Gasteiger partial charge in [-0.05, 0) is 20.4 Å². The van der Waals surface area contributed by atoms with Crippen molar-refractivity contribution < 1.29 is 4.74 Å². The van der Waals surface area contributed by atoms with Crippen LogP contribution in [0.5, 0.6) is 0 Å². The van der Waals surface area contributed by atoms with Gasteiger partial charge in [0.25, 0.3) is 0 Å². The molecule has 1 unspecified atom stereocenters. The van der Waals surface area contributed by atoms with E-state index in [9.17, 15) is 0 Å². The fourth-order valence-electron chi connectivity index (χ4n) is 1.49. The van der Waals surface area contributed by atoms with Crippen molar-refractivity contribution in [1.82, 2.24) is 14.9 Å². The number of imidazole rings is 1. The number of hydrogen-bond acceptors (Lipinski definition) is 3. The largest absolute Gasteiger partial charge is 0.377 e. The van der Waals surface area contributed by atoms with Crippen molar-refractivity contribution in [2.24, 2.45) is 7.05 Å². The first-order chi connectivity index (χ1) is 7.15. The molecule has 0 aliphatic carbocycles. The molecule has 0 amide bonds. The maximum Gasteiger partial charge on any atom is 0.0946 e. The Balaban J connectivity index is 2.61. The van der Waals surface area contributed by atoms with Crippen molar-refractivity contribution in [3.8, 4) is 0 Å². The number of aryl methyl sites for hydroxylation is 1. The van der Waals surface area contributed by atoms with Crippen LogP contribution in [0.3, 0.4) is 0 Å². The minimum Gasteiger partial charge on any atom is -0.377 e. The Hall–Kier alpha value is -0.870. The number of ether oxygens (including phenoxy) is 1. The highest BCUT2D eigenvalue weighted by Crippen LogP contribution is 2.12. The van der Waals surface area contributed by atoms with Crippen LogP contribution in [0.15, 0.2) is 12.5 Å². The van der Waals surface area contributed by atoms with E-state index >= 15 is 0 Å². The summed E-state index contributed by atoms with van der Waals surface area (Å²) in [5.41, 5.74) is 1.16. The summed E-state index contributed by atoms with van der Waals surface area (Å²) in [6.07, 6.45) is 3.96. The maximum absolute atomic E-state index is 5.63. The van der Waals surface area contributed by atoms with Crippen molar-refractivity contribution in [2.75, 3.05) is 13.2 Å². The predicted molar refractivity (Wildman–Crippen MR) is 60.7 cm³/mol. The molecule has 1 N–H and O–H groups in total. The van der Waals surface area contributed by atoms with Crippen LogP contribution in [0, 0.1) is 0 Å². The molecule has 4 heteroatoms. The molecule has 1 rings (SSSR count). The van der Waals surface area contributed by atoms with Gasteiger partial charge in [0.1, 0.15) is 0 Å². The zero-order valence-electron chi connectivity index (χ0n) is 10.0. The van der Waals surface area contributed by atoms with Crippen LogP contribution in [-0.2, 0) is 11.8 Å². The first kappa shape index (κ1) is 12.2. The third kappa shape index (κ3) is 3.64. The van der Waals surface area contributed by atoms with Crippen molar-refractivity contribution >= 4 is 0 Å². The summed E-state index contributed by atoms with van der Waals surface area (Å²) in [5.74, 6) is 0. The highest BCUT2D eigenvalue weighted by atomic mass is 16.5. The van der Waals surface area contributed by atoms with Gasteiger partial charge in [-0.3, -0.25) is 0 Å². The standard InChI is InChI=1S/C11H21N3O/c1-5-13-10(7-15-9(2)3)11-6-12-8-14(11)4/h6,8-10,13H,5,7H2,1-4H3. The second-order valence-electron chi connectivity index (χ2n) is 3.92. The normalized spacial score (nSPS) is 13.4. The molecule has 0 aliphatic heterocycles. The van der Waals surface area contributed by atoms with E-state index in [1.54, 1.807) is 0 Å². The van der Waals surface area contributed by atoms with Crippen molar-refractivity contribution in [2.45, 2.75) is 32.9 Å². The van der Waals surface area contributed by atoms with Gasteiger partial charge in [0.15, 0.2) is 0 Å². The number of aromatic nitrogens is 2. The lowest BCUT2D eigenvalue weighted by molar-refractivity contribution is 0.0601. The molecule has 0 fully saturated rings. The van der Waals surface area contributed by atoms with E-state index in [1.165, 1.54) is 0 Å². The first-order valence-electron chi connectivity index (χ1n) is 5.46. The van der Waals surface area contributed by atoms with E-state index in [4.69, 9.17) is 4.74 Å². The SMILES string of the molecule is CCNC(COC(C)C)c1cncn1C. The van der Waals surface area contributed by atoms with Crippen molar-refractivity contribution in [3.63, 3.8) is 0 Å². The van der Waals surface area contributed by atoms with Gasteiger partial charge in [0.2, 0.25) is 0 Å². The number of nitrogens with one attached hydrogen (secondary N) is 1. The van der Waals surface area contributed by atoms with Crippen LogP contribution in [0.25, 0.3) is 0 Å². The Kier molecular flexibility index (Phi) is 4.78. The third-order valence-corrected chi connectivity index (χ3v) is 2.26. The molecule has 1 aromatic rings. The smallest absolute Gasteiger partial charge is 0.0946 e. The molecule has 15 heavy (non-hydrogen) atoms. The van der Waals surface area contributed by atoms with E-state index < -0.39 is 0 Å². The fraction of sp³-hybridized carbons (Fsp3) is 0.727. The van der Waals surface area contributed by atoms with Crippen LogP contribution < -0.4 is 5.32 Å². The summed E-state index contributed by atoms with van der Waals surface area (Å²) < 4.78 is 7.66. The van der Waals surface area contributed by atoms with Crippen molar-refractivity contribution in [3.05, 3.63) is 18.2 Å². The van der Waals surface area contributed by atoms with E-state index in [-0.39, 0.29) is 12.1 Å². The Morgan fingerprint density at radius 3 is 2.73 bits per heavy atom. The Morgan fingerprint density at radius 2 is 2.27 bits per heavy atom. The summed E-state index contributed by atoms with van der Waals surface area (Å²) in [6.45, 7) is 7.81. The lowest BCUT2D eigenvalue weighted by atomic mass is 10.2. The van der Waals surface area contributed by atoms with Gasteiger partial charge in [-0.1, -0.05) is 6.92 Å². The molecule has 1 atom stereocenters. The molecule has 0 bridgehead atoms. The molecular weight excluding hydrogens is 190 g/mol. The number of rotatable bonds is 6. The van der Waals surface area contributed by atoms with Gasteiger partial charge >= 0.3 is 0 Å². The molecule has 86 valence electrons. The van der Waals surface area contributed by atoms with Gasteiger partial charge in [0.05, 0.1) is 30.8 Å². The van der Waals surface area contributed by atoms with Gasteiger partial charge < -0.3 is 14.6 Å². The molecule has 0 radical (unpaired) electrons. The predicted octanol–water partition coefficient (Wildman–Crippen LogP) is 1.50. The Labute approximate surface area is 91.7 Å². The molecule has 1 aromatic heterocycles. The van der Waals surface area contributed by atoms with E-state index in [0.717, 1.165) is 12.2 Å². The molecule has 0 saturated heterocycles. The van der Waals surface area contributed by atoms with Crippen LogP contribution in [0.4, 0.5) is 0 Å². The number of hydrogen-bond donors (Lipinski definition) is 1. The quantitative estimate of drug-likeness (QED) is 0.775. The van der Waals surface area contributed by atoms with E-state index in [0.29, 0.717) is 6.61 Å². The summed E-state index contributed by atoms with van der Waals surface area (Å²) >= 11 is 0. The minimum absolute atomic E-state index is 0.227. The van der Waals surface area contributed by atoms with Crippen molar-refractivity contribution in [1.29, 1.82) is 0 Å². The number of likely N-dealkylation sites (N-methyl/N-ethyl adjacent to an activating group) is 1. The zero-order chi connectivity index (χ0) is 11.3. The highest BCUT2D eigenvalue weighted by Gasteiger charge is 2.14. The average Bonchev–Trinajstić information content (AvgIpc) is 2.59. The summed E-state index contributed by atoms with van der Waals surface area (Å²) in [4.78, 5) is 4.12. The third-order valence-electron chi connectivity index (χ3n) is 2.26. The molecule has 0 spiro atoms. The summed E-state index contributed by atoms with van der Waals surface area (Å²) in [7, 11) is 2.00. The molecule has 0 aromatic carbocycles. The zero-order valence-corrected chi connectivity index (χ0v) is 10.0. The van der Waals surface area contributed by atoms with Gasteiger partial charge in [-0.25, -0.2) is 4.98 Å². The van der Waals surface area contributed by atoms with Crippen LogP contribution >= 0.6 is 0 Å². The van der Waals surface area contributed by atoms with Gasteiger partial charge in [0, 0.05) is 13.2 Å². The number of nitrogens with zero attached hydrogens (tertiary/aromatic N) is 2. The van der Waals surface area contributed by atoms with Crippen LogP contribution in [0.2, 0.25) is 0 Å².